The highest BCUT2D eigenvalue weighted by atomic mass is 16.2. The van der Waals surface area contributed by atoms with Gasteiger partial charge in [0.25, 0.3) is 5.56 Å². The third-order valence-corrected chi connectivity index (χ3v) is 5.16. The average Bonchev–Trinajstić information content (AvgIpc) is 3.04. The Morgan fingerprint density at radius 3 is 2.43 bits per heavy atom. The third-order valence-electron chi connectivity index (χ3n) is 5.16. The lowest BCUT2D eigenvalue weighted by Gasteiger charge is -2.16. The largest absolute Gasteiger partial charge is 0.325 e. The Bertz CT molecular complexity index is 1260. The molecule has 0 unspecified atom stereocenters. The Hall–Kier alpha value is -3.73. The van der Waals surface area contributed by atoms with Crippen molar-refractivity contribution < 1.29 is 4.79 Å². The minimum atomic E-state index is -0.376. The van der Waals surface area contributed by atoms with Gasteiger partial charge in [0.2, 0.25) is 5.91 Å². The van der Waals surface area contributed by atoms with Gasteiger partial charge in [-0.15, -0.1) is 0 Å². The fourth-order valence-corrected chi connectivity index (χ4v) is 3.82. The first-order chi connectivity index (χ1) is 13.7. The number of hydrogen-bond donors (Lipinski definition) is 1. The van der Waals surface area contributed by atoms with Gasteiger partial charge in [-0.05, 0) is 35.9 Å². The zero-order valence-electron chi connectivity index (χ0n) is 15.0. The summed E-state index contributed by atoms with van der Waals surface area (Å²) in [6.45, 7) is 0. The molecule has 0 bridgehead atoms. The second kappa shape index (κ2) is 6.46. The van der Waals surface area contributed by atoms with Gasteiger partial charge in [-0.3, -0.25) is 14.2 Å². The monoisotopic (exact) mass is 367 g/mol. The van der Waals surface area contributed by atoms with Crippen molar-refractivity contribution in [3.63, 3.8) is 0 Å². The Morgan fingerprint density at radius 1 is 0.857 bits per heavy atom. The van der Waals surface area contributed by atoms with Gasteiger partial charge in [0.1, 0.15) is 5.82 Å². The molecule has 3 aromatic carbocycles. The number of para-hydroxylation sites is 3. The van der Waals surface area contributed by atoms with E-state index in [-0.39, 0.29) is 17.4 Å². The van der Waals surface area contributed by atoms with Gasteiger partial charge in [0.05, 0.1) is 22.5 Å². The van der Waals surface area contributed by atoms with Crippen LogP contribution < -0.4 is 10.9 Å². The van der Waals surface area contributed by atoms with Crippen molar-refractivity contribution >= 4 is 22.5 Å². The Balaban J connectivity index is 1.71. The number of nitrogens with zero attached hydrogens (tertiary/aromatic N) is 2. The normalized spacial score (nSPS) is 15.4. The number of anilines is 1. The van der Waals surface area contributed by atoms with Crippen LogP contribution in [0.25, 0.3) is 16.6 Å². The molecule has 28 heavy (non-hydrogen) atoms. The molecule has 1 atom stereocenters. The second-order valence-corrected chi connectivity index (χ2v) is 6.85. The maximum absolute atomic E-state index is 13.3. The first-order valence-corrected chi connectivity index (χ1v) is 9.18. The highest BCUT2D eigenvalue weighted by molar-refractivity contribution is 6.03. The van der Waals surface area contributed by atoms with Gasteiger partial charge >= 0.3 is 0 Å². The SMILES string of the molecule is O=C1Nc2ccccc2[C@@H]1Cc1nc2ccccc2c(=O)n1-c1ccccc1. The van der Waals surface area contributed by atoms with Gasteiger partial charge in [0, 0.05) is 12.1 Å². The highest BCUT2D eigenvalue weighted by Crippen LogP contribution is 2.34. The van der Waals surface area contributed by atoms with Crippen molar-refractivity contribution in [3.05, 3.63) is 101 Å². The molecular weight excluding hydrogens is 350 g/mol. The van der Waals surface area contributed by atoms with Crippen LogP contribution in [0.1, 0.15) is 17.3 Å². The summed E-state index contributed by atoms with van der Waals surface area (Å²) in [5, 5.41) is 3.49. The number of fused-ring (bicyclic) bond motifs is 2. The lowest BCUT2D eigenvalue weighted by Crippen LogP contribution is -2.26. The molecular formula is C23H17N3O2. The summed E-state index contributed by atoms with van der Waals surface area (Å²) in [7, 11) is 0. The molecule has 4 aromatic rings. The van der Waals surface area contributed by atoms with Crippen molar-refractivity contribution in [1.82, 2.24) is 9.55 Å². The van der Waals surface area contributed by atoms with Crippen LogP contribution in [0.15, 0.2) is 83.7 Å². The number of aromatic nitrogens is 2. The van der Waals surface area contributed by atoms with Crippen LogP contribution in [-0.2, 0) is 11.2 Å². The zero-order valence-corrected chi connectivity index (χ0v) is 15.0. The molecule has 1 amide bonds. The van der Waals surface area contributed by atoms with Crippen molar-refractivity contribution in [2.45, 2.75) is 12.3 Å². The number of benzene rings is 3. The van der Waals surface area contributed by atoms with E-state index in [1.807, 2.05) is 72.8 Å². The molecule has 1 aromatic heterocycles. The Morgan fingerprint density at radius 2 is 1.57 bits per heavy atom. The van der Waals surface area contributed by atoms with E-state index in [0.717, 1.165) is 16.9 Å². The molecule has 0 aliphatic carbocycles. The number of carbonyl (C=O) groups excluding carboxylic acids is 1. The molecule has 0 fully saturated rings. The minimum Gasteiger partial charge on any atom is -0.325 e. The maximum atomic E-state index is 13.3. The molecule has 1 N–H and O–H groups in total. The minimum absolute atomic E-state index is 0.0665. The maximum Gasteiger partial charge on any atom is 0.265 e. The van der Waals surface area contributed by atoms with Crippen LogP contribution in [0.2, 0.25) is 0 Å². The number of amides is 1. The first-order valence-electron chi connectivity index (χ1n) is 9.18. The summed E-state index contributed by atoms with van der Waals surface area (Å²) in [5.74, 6) is 0.134. The van der Waals surface area contributed by atoms with E-state index in [9.17, 15) is 9.59 Å². The first kappa shape index (κ1) is 16.4. The summed E-state index contributed by atoms with van der Waals surface area (Å²) in [6.07, 6.45) is 0.345. The molecule has 136 valence electrons. The average molecular weight is 367 g/mol. The smallest absolute Gasteiger partial charge is 0.265 e. The van der Waals surface area contributed by atoms with E-state index in [1.54, 1.807) is 10.6 Å². The van der Waals surface area contributed by atoms with Crippen molar-refractivity contribution in [2.24, 2.45) is 0 Å². The molecule has 0 saturated carbocycles. The molecule has 5 nitrogen and oxygen atoms in total. The number of rotatable bonds is 3. The van der Waals surface area contributed by atoms with E-state index in [1.165, 1.54) is 0 Å². The van der Waals surface area contributed by atoms with Crippen molar-refractivity contribution in [1.29, 1.82) is 0 Å². The molecule has 0 spiro atoms. The highest BCUT2D eigenvalue weighted by Gasteiger charge is 2.31. The fraction of sp³-hybridized carbons (Fsp3) is 0.0870. The molecule has 2 heterocycles. The van der Waals surface area contributed by atoms with Crippen molar-refractivity contribution in [3.8, 4) is 5.69 Å². The van der Waals surface area contributed by atoms with Gasteiger partial charge in [-0.2, -0.15) is 0 Å². The lowest BCUT2D eigenvalue weighted by atomic mass is 9.96. The summed E-state index contributed by atoms with van der Waals surface area (Å²) in [6, 6.07) is 24.4. The van der Waals surface area contributed by atoms with Gasteiger partial charge in [-0.25, -0.2) is 4.98 Å². The van der Waals surface area contributed by atoms with Crippen LogP contribution in [0.4, 0.5) is 5.69 Å². The Kier molecular flexibility index (Phi) is 3.79. The van der Waals surface area contributed by atoms with E-state index < -0.39 is 0 Å². The Labute approximate surface area is 161 Å². The quantitative estimate of drug-likeness (QED) is 0.601. The third kappa shape index (κ3) is 2.60. The topological polar surface area (TPSA) is 64.0 Å². The van der Waals surface area contributed by atoms with E-state index >= 15 is 0 Å². The molecule has 1 aliphatic rings. The molecule has 0 radical (unpaired) electrons. The lowest BCUT2D eigenvalue weighted by molar-refractivity contribution is -0.117. The predicted octanol–water partition coefficient (Wildman–Crippen LogP) is 3.66. The van der Waals surface area contributed by atoms with Crippen LogP contribution in [0.5, 0.6) is 0 Å². The van der Waals surface area contributed by atoms with Gasteiger partial charge in [-0.1, -0.05) is 48.5 Å². The van der Waals surface area contributed by atoms with Crippen LogP contribution >= 0.6 is 0 Å². The van der Waals surface area contributed by atoms with E-state index in [0.29, 0.717) is 23.1 Å². The zero-order chi connectivity index (χ0) is 19.1. The van der Waals surface area contributed by atoms with Crippen LogP contribution in [0.3, 0.4) is 0 Å². The summed E-state index contributed by atoms with van der Waals surface area (Å²) in [5.41, 5.74) is 3.02. The molecule has 5 rings (SSSR count). The molecule has 5 heteroatoms. The number of hydrogen-bond acceptors (Lipinski definition) is 3. The number of nitrogens with one attached hydrogen (secondary N) is 1. The summed E-state index contributed by atoms with van der Waals surface area (Å²) in [4.78, 5) is 30.6. The summed E-state index contributed by atoms with van der Waals surface area (Å²) >= 11 is 0. The van der Waals surface area contributed by atoms with Gasteiger partial charge in [0.15, 0.2) is 0 Å². The predicted molar refractivity (Wildman–Crippen MR) is 109 cm³/mol. The number of carbonyl (C=O) groups is 1. The second-order valence-electron chi connectivity index (χ2n) is 6.85. The molecule has 1 aliphatic heterocycles. The van der Waals surface area contributed by atoms with E-state index in [2.05, 4.69) is 5.32 Å². The standard InChI is InChI=1S/C23H17N3O2/c27-22-18(16-10-4-6-12-19(16)25-22)14-21-24-20-13-7-5-11-17(20)23(28)26(21)15-8-2-1-3-9-15/h1-13,18H,14H2,(H,25,27)/t18-/m0/s1. The van der Waals surface area contributed by atoms with Gasteiger partial charge < -0.3 is 5.32 Å². The van der Waals surface area contributed by atoms with Crippen molar-refractivity contribution in [2.75, 3.05) is 5.32 Å². The van der Waals surface area contributed by atoms with Crippen LogP contribution in [0, 0.1) is 0 Å². The fourth-order valence-electron chi connectivity index (χ4n) is 3.82. The van der Waals surface area contributed by atoms with Crippen LogP contribution in [-0.4, -0.2) is 15.5 Å². The molecule has 0 saturated heterocycles. The summed E-state index contributed by atoms with van der Waals surface area (Å²) < 4.78 is 1.62. The van der Waals surface area contributed by atoms with E-state index in [4.69, 9.17) is 4.98 Å².